The molecule has 0 unspecified atom stereocenters. The Bertz CT molecular complexity index is 1610. The zero-order chi connectivity index (χ0) is 26.9. The van der Waals surface area contributed by atoms with Crippen LogP contribution in [0.15, 0.2) is 83.9 Å². The Balaban J connectivity index is 1.35. The van der Waals surface area contributed by atoms with Crippen molar-refractivity contribution in [1.29, 1.82) is 0 Å². The van der Waals surface area contributed by atoms with Gasteiger partial charge in [0.1, 0.15) is 6.54 Å². The smallest absolute Gasteiger partial charge is 0.258 e. The first kappa shape index (κ1) is 25.8. The molecule has 38 heavy (non-hydrogen) atoms. The summed E-state index contributed by atoms with van der Waals surface area (Å²) >= 11 is 6.46. The lowest BCUT2D eigenvalue weighted by atomic mass is 10.1. The number of amides is 2. The highest BCUT2D eigenvalue weighted by atomic mass is 35.5. The number of carbonyl (C=O) groups is 2. The summed E-state index contributed by atoms with van der Waals surface area (Å²) in [5.74, 6) is -0.543. The quantitative estimate of drug-likeness (QED) is 0.388. The predicted molar refractivity (Wildman–Crippen MR) is 150 cm³/mol. The van der Waals surface area contributed by atoms with Gasteiger partial charge in [0, 0.05) is 49.7 Å². The molecule has 0 radical (unpaired) electrons. The van der Waals surface area contributed by atoms with Gasteiger partial charge in [0.05, 0.1) is 21.3 Å². The number of sulfone groups is 1. The Morgan fingerprint density at radius 1 is 0.947 bits per heavy atom. The van der Waals surface area contributed by atoms with Crippen molar-refractivity contribution in [3.05, 3.63) is 89.6 Å². The lowest BCUT2D eigenvalue weighted by molar-refractivity contribution is -0.129. The Morgan fingerprint density at radius 3 is 2.39 bits per heavy atom. The lowest BCUT2D eigenvalue weighted by Crippen LogP contribution is -2.52. The maximum atomic E-state index is 13.7. The highest BCUT2D eigenvalue weighted by Gasteiger charge is 2.28. The number of para-hydroxylation sites is 2. The Hall–Kier alpha value is -3.82. The molecule has 0 spiro atoms. The molecule has 2 heterocycles. The number of fused-ring (bicyclic) bond motifs is 1. The van der Waals surface area contributed by atoms with Gasteiger partial charge in [-0.25, -0.2) is 8.42 Å². The van der Waals surface area contributed by atoms with E-state index < -0.39 is 9.84 Å². The van der Waals surface area contributed by atoms with Gasteiger partial charge in [-0.1, -0.05) is 41.9 Å². The third-order valence-electron chi connectivity index (χ3n) is 6.72. The Kier molecular flexibility index (Phi) is 7.14. The number of nitrogens with one attached hydrogen (secondary N) is 1. The van der Waals surface area contributed by atoms with E-state index in [0.29, 0.717) is 48.1 Å². The fourth-order valence-electron chi connectivity index (χ4n) is 4.74. The summed E-state index contributed by atoms with van der Waals surface area (Å²) in [5, 5.41) is 1.36. The van der Waals surface area contributed by atoms with Crippen LogP contribution in [0, 0.1) is 0 Å². The fraction of sp³-hybridized carbons (Fsp3) is 0.214. The Morgan fingerprint density at radius 2 is 1.66 bits per heavy atom. The molecular weight excluding hydrogens is 524 g/mol. The van der Waals surface area contributed by atoms with E-state index in [2.05, 4.69) is 4.98 Å². The number of piperazine rings is 1. The molecule has 1 N–H and O–H groups in total. The standard InChI is InChI=1S/C28H27ClN4O4S/c1-38(36,37)26-9-5-4-8-25(26)31-14-16-32(17-15-31)27(34)19-33(24-7-3-2-6-22(24)29)28(35)21-11-10-20-12-13-30-23(20)18-21/h2-13,18,30H,14-17,19H2,1H3. The van der Waals surface area contributed by atoms with Crippen LogP contribution in [0.5, 0.6) is 0 Å². The molecule has 5 rings (SSSR count). The molecule has 1 saturated heterocycles. The van der Waals surface area contributed by atoms with Gasteiger partial charge in [-0.2, -0.15) is 0 Å². The van der Waals surface area contributed by atoms with Gasteiger partial charge in [0.25, 0.3) is 5.91 Å². The minimum absolute atomic E-state index is 0.175. The molecule has 10 heteroatoms. The average molecular weight is 551 g/mol. The number of anilines is 2. The number of H-pyrrole nitrogens is 1. The molecule has 1 fully saturated rings. The number of rotatable bonds is 6. The van der Waals surface area contributed by atoms with E-state index in [1.54, 1.807) is 65.6 Å². The summed E-state index contributed by atoms with van der Waals surface area (Å²) < 4.78 is 24.5. The molecule has 3 aromatic carbocycles. The van der Waals surface area contributed by atoms with Crippen molar-refractivity contribution in [2.45, 2.75) is 4.90 Å². The molecule has 196 valence electrons. The Labute approximate surface area is 226 Å². The van der Waals surface area contributed by atoms with Crippen LogP contribution in [-0.4, -0.2) is 69.1 Å². The van der Waals surface area contributed by atoms with Crippen LogP contribution >= 0.6 is 11.6 Å². The van der Waals surface area contributed by atoms with Crippen molar-refractivity contribution in [1.82, 2.24) is 9.88 Å². The molecule has 0 saturated carbocycles. The number of hydrogen-bond acceptors (Lipinski definition) is 5. The number of nitrogens with zero attached hydrogens (tertiary/aromatic N) is 3. The SMILES string of the molecule is CS(=O)(=O)c1ccccc1N1CCN(C(=O)CN(C(=O)c2ccc3cc[nH]c3c2)c2ccccc2Cl)CC1. The normalized spacial score (nSPS) is 14.1. The van der Waals surface area contributed by atoms with Crippen molar-refractivity contribution in [2.24, 2.45) is 0 Å². The van der Waals surface area contributed by atoms with Gasteiger partial charge < -0.3 is 14.8 Å². The molecule has 1 aliphatic rings. The van der Waals surface area contributed by atoms with Crippen LogP contribution in [0.2, 0.25) is 5.02 Å². The summed E-state index contributed by atoms with van der Waals surface area (Å²) in [6, 6.07) is 21.1. The minimum Gasteiger partial charge on any atom is -0.367 e. The number of aromatic amines is 1. The van der Waals surface area contributed by atoms with E-state index in [0.717, 1.165) is 10.9 Å². The van der Waals surface area contributed by atoms with Gasteiger partial charge >= 0.3 is 0 Å². The minimum atomic E-state index is -3.39. The zero-order valence-corrected chi connectivity index (χ0v) is 22.4. The van der Waals surface area contributed by atoms with Crippen LogP contribution in [0.4, 0.5) is 11.4 Å². The van der Waals surface area contributed by atoms with Gasteiger partial charge in [0.2, 0.25) is 5.91 Å². The third kappa shape index (κ3) is 5.25. The van der Waals surface area contributed by atoms with Crippen molar-refractivity contribution in [3.8, 4) is 0 Å². The topological polar surface area (TPSA) is 93.8 Å². The van der Waals surface area contributed by atoms with Gasteiger partial charge in [-0.05, 0) is 47.9 Å². The molecule has 8 nitrogen and oxygen atoms in total. The van der Waals surface area contributed by atoms with Crippen molar-refractivity contribution in [3.63, 3.8) is 0 Å². The fourth-order valence-corrected chi connectivity index (χ4v) is 5.88. The second-order valence-electron chi connectivity index (χ2n) is 9.23. The predicted octanol–water partition coefficient (Wildman–Crippen LogP) is 4.22. The molecule has 0 bridgehead atoms. The van der Waals surface area contributed by atoms with Gasteiger partial charge in [0.15, 0.2) is 9.84 Å². The number of hydrogen-bond donors (Lipinski definition) is 1. The molecule has 0 atom stereocenters. The van der Waals surface area contributed by atoms with E-state index in [-0.39, 0.29) is 23.3 Å². The van der Waals surface area contributed by atoms with Gasteiger partial charge in [-0.3, -0.25) is 14.5 Å². The van der Waals surface area contributed by atoms with E-state index in [1.807, 2.05) is 23.2 Å². The van der Waals surface area contributed by atoms with Gasteiger partial charge in [-0.15, -0.1) is 0 Å². The monoisotopic (exact) mass is 550 g/mol. The molecule has 1 aliphatic heterocycles. The highest BCUT2D eigenvalue weighted by Crippen LogP contribution is 2.29. The number of aromatic nitrogens is 1. The second kappa shape index (κ2) is 10.5. The van der Waals surface area contributed by atoms with Crippen molar-refractivity contribution >= 4 is 55.5 Å². The summed E-state index contributed by atoms with van der Waals surface area (Å²) in [6.45, 7) is 1.57. The summed E-state index contributed by atoms with van der Waals surface area (Å²) in [6.07, 6.45) is 3.00. The summed E-state index contributed by atoms with van der Waals surface area (Å²) in [4.78, 5) is 35.6. The van der Waals surface area contributed by atoms with Crippen LogP contribution < -0.4 is 9.80 Å². The molecule has 2 amide bonds. The zero-order valence-electron chi connectivity index (χ0n) is 20.8. The average Bonchev–Trinajstić information content (AvgIpc) is 3.39. The number of carbonyl (C=O) groups excluding carboxylic acids is 2. The lowest BCUT2D eigenvalue weighted by Gasteiger charge is -2.37. The summed E-state index contributed by atoms with van der Waals surface area (Å²) in [7, 11) is -3.39. The molecule has 0 aliphatic carbocycles. The van der Waals surface area contributed by atoms with Crippen molar-refractivity contribution < 1.29 is 18.0 Å². The largest absolute Gasteiger partial charge is 0.367 e. The second-order valence-corrected chi connectivity index (χ2v) is 11.6. The maximum absolute atomic E-state index is 13.7. The summed E-state index contributed by atoms with van der Waals surface area (Å²) in [5.41, 5.74) is 2.36. The van der Waals surface area contributed by atoms with E-state index in [4.69, 9.17) is 11.6 Å². The first-order valence-corrected chi connectivity index (χ1v) is 14.4. The molecule has 4 aromatic rings. The van der Waals surface area contributed by atoms with Crippen LogP contribution in [0.25, 0.3) is 10.9 Å². The van der Waals surface area contributed by atoms with E-state index in [1.165, 1.54) is 11.2 Å². The molecular formula is C28H27ClN4O4S. The third-order valence-corrected chi connectivity index (χ3v) is 8.19. The van der Waals surface area contributed by atoms with Crippen LogP contribution in [0.1, 0.15) is 10.4 Å². The number of benzene rings is 3. The van der Waals surface area contributed by atoms with Crippen LogP contribution in [0.3, 0.4) is 0 Å². The maximum Gasteiger partial charge on any atom is 0.258 e. The molecule has 1 aromatic heterocycles. The van der Waals surface area contributed by atoms with E-state index in [9.17, 15) is 18.0 Å². The van der Waals surface area contributed by atoms with Crippen LogP contribution in [-0.2, 0) is 14.6 Å². The first-order valence-electron chi connectivity index (χ1n) is 12.2. The first-order chi connectivity index (χ1) is 18.2. The number of halogens is 1. The van der Waals surface area contributed by atoms with E-state index >= 15 is 0 Å². The highest BCUT2D eigenvalue weighted by molar-refractivity contribution is 7.90. The van der Waals surface area contributed by atoms with Crippen molar-refractivity contribution in [2.75, 3.05) is 48.8 Å².